The molecule has 0 amide bonds. The van der Waals surface area contributed by atoms with Crippen molar-refractivity contribution in [1.82, 2.24) is 0 Å². The minimum Gasteiger partial charge on any atom is -0.147 e. The summed E-state index contributed by atoms with van der Waals surface area (Å²) in [5, 5.41) is 0. The van der Waals surface area contributed by atoms with Crippen molar-refractivity contribution in [3.05, 3.63) is 22.1 Å². The molecule has 0 aromatic heterocycles. The fraction of sp³-hybridized carbons (Fsp3) is 0.333. The molecule has 4 heteroatoms. The molecule has 1 rings (SSSR count). The molecule has 0 bridgehead atoms. The van der Waals surface area contributed by atoms with Gasteiger partial charge in [-0.3, -0.25) is 0 Å². The van der Waals surface area contributed by atoms with Crippen molar-refractivity contribution >= 4 is 24.8 Å². The van der Waals surface area contributed by atoms with Crippen LogP contribution in [0, 0.1) is 0 Å². The van der Waals surface area contributed by atoms with Crippen LogP contribution in [0.1, 0.15) is 6.42 Å². The molecule has 0 radical (unpaired) electrons. The van der Waals surface area contributed by atoms with Gasteiger partial charge in [-0.15, -0.1) is 24.8 Å². The molecule has 0 heterocycles. The average Bonchev–Trinajstić information content (AvgIpc) is 2.19. The summed E-state index contributed by atoms with van der Waals surface area (Å²) in [5.74, 6) is 0. The number of hydrogen-bond donors (Lipinski definition) is 0. The second-order valence-electron chi connectivity index (χ2n) is 1.63. The first kappa shape index (κ1) is 13.3. The molecule has 0 fully saturated rings. The number of rotatable bonds is 2. The first-order valence-corrected chi connectivity index (χ1v) is 4.00. The monoisotopic (exact) mass is 216 g/mol. The van der Waals surface area contributed by atoms with E-state index in [0.717, 1.165) is 6.42 Å². The summed E-state index contributed by atoms with van der Waals surface area (Å²) in [4.78, 5) is 0. The smallest absolute Gasteiger partial charge is 0.147 e. The SMILES string of the molecule is C[O][Ti][C]1=CC=CC1.Cl.Cl. The summed E-state index contributed by atoms with van der Waals surface area (Å²) in [7, 11) is 1.78. The van der Waals surface area contributed by atoms with E-state index in [2.05, 4.69) is 18.2 Å². The quantitative estimate of drug-likeness (QED) is 0.644. The zero-order valence-corrected chi connectivity index (χ0v) is 8.86. The van der Waals surface area contributed by atoms with Gasteiger partial charge < -0.3 is 0 Å². The molecular formula is C6H10Cl2OTi. The van der Waals surface area contributed by atoms with E-state index >= 15 is 0 Å². The van der Waals surface area contributed by atoms with Gasteiger partial charge in [0.25, 0.3) is 0 Å². The summed E-state index contributed by atoms with van der Waals surface area (Å²) >= 11 is -0.194. The molecule has 1 aliphatic carbocycles. The molecule has 0 aromatic rings. The van der Waals surface area contributed by atoms with Gasteiger partial charge in [0, 0.05) is 0 Å². The van der Waals surface area contributed by atoms with Crippen LogP contribution < -0.4 is 0 Å². The van der Waals surface area contributed by atoms with Gasteiger partial charge in [0.05, 0.1) is 0 Å². The second-order valence-corrected chi connectivity index (χ2v) is 3.59. The van der Waals surface area contributed by atoms with Gasteiger partial charge in [-0.2, -0.15) is 0 Å². The Bertz CT molecular complexity index is 134. The fourth-order valence-electron chi connectivity index (χ4n) is 0.654. The number of allylic oxidation sites excluding steroid dienone is 4. The summed E-state index contributed by atoms with van der Waals surface area (Å²) in [6, 6.07) is 0. The van der Waals surface area contributed by atoms with Gasteiger partial charge >= 0.3 is 58.5 Å². The number of halogens is 2. The van der Waals surface area contributed by atoms with E-state index in [0.29, 0.717) is 0 Å². The third kappa shape index (κ3) is 4.53. The Morgan fingerprint density at radius 3 is 2.60 bits per heavy atom. The van der Waals surface area contributed by atoms with Gasteiger partial charge in [-0.25, -0.2) is 0 Å². The molecule has 0 saturated heterocycles. The van der Waals surface area contributed by atoms with E-state index in [9.17, 15) is 0 Å². The zero-order valence-electron chi connectivity index (χ0n) is 5.66. The van der Waals surface area contributed by atoms with Crippen LogP contribution in [0.3, 0.4) is 0 Å². The molecule has 0 aromatic carbocycles. The first-order chi connectivity index (χ1) is 3.93. The summed E-state index contributed by atoms with van der Waals surface area (Å²) in [5.41, 5.74) is 0. The number of hydrogen-bond acceptors (Lipinski definition) is 1. The Kier molecular flexibility index (Phi) is 10.4. The Morgan fingerprint density at radius 1 is 1.50 bits per heavy atom. The predicted molar refractivity (Wildman–Crippen MR) is 43.3 cm³/mol. The molecular weight excluding hydrogens is 207 g/mol. The van der Waals surface area contributed by atoms with E-state index < -0.39 is 0 Å². The van der Waals surface area contributed by atoms with Crippen molar-refractivity contribution in [1.29, 1.82) is 0 Å². The molecule has 1 nitrogen and oxygen atoms in total. The van der Waals surface area contributed by atoms with E-state index in [4.69, 9.17) is 3.32 Å². The largest absolute Gasteiger partial charge is 0.147 e. The Hall–Kier alpha value is 0.734. The fourth-order valence-corrected chi connectivity index (χ4v) is 1.63. The average molecular weight is 217 g/mol. The summed E-state index contributed by atoms with van der Waals surface area (Å²) < 4.78 is 6.54. The Morgan fingerprint density at radius 2 is 2.20 bits per heavy atom. The van der Waals surface area contributed by atoms with Gasteiger partial charge in [0.15, 0.2) is 0 Å². The van der Waals surface area contributed by atoms with Gasteiger partial charge in [0.2, 0.25) is 0 Å². The van der Waals surface area contributed by atoms with Crippen molar-refractivity contribution in [2.75, 3.05) is 7.11 Å². The molecule has 0 atom stereocenters. The zero-order chi connectivity index (χ0) is 5.82. The van der Waals surface area contributed by atoms with Crippen LogP contribution in [0.25, 0.3) is 0 Å². The van der Waals surface area contributed by atoms with Gasteiger partial charge in [-0.05, 0) is 0 Å². The molecule has 0 saturated carbocycles. The second kappa shape index (κ2) is 7.84. The van der Waals surface area contributed by atoms with Crippen LogP contribution in [0.2, 0.25) is 0 Å². The third-order valence-corrected chi connectivity index (χ3v) is 2.31. The van der Waals surface area contributed by atoms with Crippen molar-refractivity contribution in [3.63, 3.8) is 0 Å². The van der Waals surface area contributed by atoms with E-state index in [1.54, 1.807) is 7.11 Å². The molecule has 10 heavy (non-hydrogen) atoms. The maximum atomic E-state index is 5.04. The molecule has 1 aliphatic rings. The Balaban J connectivity index is 0. The molecule has 0 spiro atoms. The predicted octanol–water partition coefficient (Wildman–Crippen LogP) is 2.32. The standard InChI is InChI=1S/C5H5.CH3O.2ClH.Ti/c1-2-4-5-3-1;1-2;;;/h1-3H,4H2;1H3;2*1H;/q;-1;;;+1. The van der Waals surface area contributed by atoms with Crippen LogP contribution in [0.4, 0.5) is 0 Å². The van der Waals surface area contributed by atoms with Crippen LogP contribution in [-0.4, -0.2) is 7.11 Å². The third-order valence-electron chi connectivity index (χ3n) is 1.00. The molecule has 0 N–H and O–H groups in total. The van der Waals surface area contributed by atoms with Crippen LogP contribution in [0.15, 0.2) is 22.1 Å². The van der Waals surface area contributed by atoms with Crippen LogP contribution in [-0.2, 0) is 22.9 Å². The Labute approximate surface area is 83.1 Å². The van der Waals surface area contributed by atoms with Gasteiger partial charge in [-0.1, -0.05) is 0 Å². The van der Waals surface area contributed by atoms with E-state index in [1.807, 2.05) is 0 Å². The van der Waals surface area contributed by atoms with E-state index in [1.165, 1.54) is 3.88 Å². The molecule has 0 unspecified atom stereocenters. The minimum atomic E-state index is -0.194. The van der Waals surface area contributed by atoms with Crippen LogP contribution in [0.5, 0.6) is 0 Å². The molecule has 0 aliphatic heterocycles. The first-order valence-electron chi connectivity index (χ1n) is 2.58. The summed E-state index contributed by atoms with van der Waals surface area (Å²) in [6.07, 6.45) is 7.55. The normalized spacial score (nSPS) is 13.1. The van der Waals surface area contributed by atoms with Gasteiger partial charge in [0.1, 0.15) is 0 Å². The minimum absolute atomic E-state index is 0. The van der Waals surface area contributed by atoms with Crippen molar-refractivity contribution in [3.8, 4) is 0 Å². The van der Waals surface area contributed by atoms with Crippen molar-refractivity contribution < 1.29 is 22.9 Å². The van der Waals surface area contributed by atoms with Crippen molar-refractivity contribution in [2.45, 2.75) is 6.42 Å². The topological polar surface area (TPSA) is 9.23 Å². The van der Waals surface area contributed by atoms with Crippen LogP contribution >= 0.6 is 24.8 Å². The maximum Gasteiger partial charge on any atom is -0.147 e. The summed E-state index contributed by atoms with van der Waals surface area (Å²) in [6.45, 7) is 0. The maximum absolute atomic E-state index is 5.04. The van der Waals surface area contributed by atoms with Crippen molar-refractivity contribution in [2.24, 2.45) is 0 Å². The van der Waals surface area contributed by atoms with E-state index in [-0.39, 0.29) is 44.4 Å². The molecule has 58 valence electrons.